The predicted octanol–water partition coefficient (Wildman–Crippen LogP) is 2.55. The second-order valence-electron chi connectivity index (χ2n) is 6.81. The van der Waals surface area contributed by atoms with Gasteiger partial charge in [-0.15, -0.1) is 12.4 Å². The van der Waals surface area contributed by atoms with E-state index in [4.69, 9.17) is 0 Å². The molecule has 26 heavy (non-hydrogen) atoms. The van der Waals surface area contributed by atoms with E-state index in [1.807, 2.05) is 40.9 Å². The summed E-state index contributed by atoms with van der Waals surface area (Å²) in [5, 5.41) is 6.28. The summed E-state index contributed by atoms with van der Waals surface area (Å²) in [5.41, 5.74) is 1.80. The molecule has 144 valence electrons. The summed E-state index contributed by atoms with van der Waals surface area (Å²) in [6.45, 7) is 3.82. The minimum Gasteiger partial charge on any atom is -0.341 e. The second kappa shape index (κ2) is 10.8. The van der Waals surface area contributed by atoms with Crippen molar-refractivity contribution in [3.05, 3.63) is 29.8 Å². The molecule has 1 aromatic rings. The van der Waals surface area contributed by atoms with E-state index in [0.29, 0.717) is 18.8 Å². The number of hydrogen-bond donors (Lipinski definition) is 2. The molecule has 1 atom stereocenters. The molecule has 0 spiro atoms. The molecule has 0 bridgehead atoms. The van der Waals surface area contributed by atoms with Crippen LogP contribution in [-0.4, -0.2) is 54.4 Å². The number of rotatable bonds is 6. The molecule has 2 N–H and O–H groups in total. The van der Waals surface area contributed by atoms with Crippen LogP contribution >= 0.6 is 24.2 Å². The number of hydrogen-bond acceptors (Lipinski definition) is 4. The SMILES string of the molecule is Cl.O=C(CCC1CCNC1)Nc1ccc(CC(=O)N2CCSCC2)cc1. The third kappa shape index (κ3) is 6.49. The number of benzene rings is 1. The van der Waals surface area contributed by atoms with Crippen molar-refractivity contribution in [2.45, 2.75) is 25.7 Å². The van der Waals surface area contributed by atoms with Crippen LogP contribution in [-0.2, 0) is 16.0 Å². The van der Waals surface area contributed by atoms with Crippen LogP contribution in [0.5, 0.6) is 0 Å². The molecular weight excluding hydrogens is 370 g/mol. The number of halogens is 1. The van der Waals surface area contributed by atoms with Crippen LogP contribution in [0.15, 0.2) is 24.3 Å². The molecule has 2 fully saturated rings. The number of carbonyl (C=O) groups excluding carboxylic acids is 2. The van der Waals surface area contributed by atoms with E-state index in [1.54, 1.807) is 0 Å². The van der Waals surface area contributed by atoms with E-state index in [0.717, 1.165) is 55.4 Å². The molecular formula is C19H28ClN3O2S. The zero-order chi connectivity index (χ0) is 17.5. The molecule has 0 aliphatic carbocycles. The molecule has 0 saturated carbocycles. The topological polar surface area (TPSA) is 61.4 Å². The lowest BCUT2D eigenvalue weighted by Gasteiger charge is -2.26. The Morgan fingerprint density at radius 2 is 1.92 bits per heavy atom. The average molecular weight is 398 g/mol. The van der Waals surface area contributed by atoms with Gasteiger partial charge < -0.3 is 15.5 Å². The zero-order valence-electron chi connectivity index (χ0n) is 15.0. The minimum atomic E-state index is 0. The first-order valence-electron chi connectivity index (χ1n) is 9.16. The predicted molar refractivity (Wildman–Crippen MR) is 110 cm³/mol. The zero-order valence-corrected chi connectivity index (χ0v) is 16.7. The van der Waals surface area contributed by atoms with E-state index in [-0.39, 0.29) is 24.2 Å². The Morgan fingerprint density at radius 3 is 2.58 bits per heavy atom. The monoisotopic (exact) mass is 397 g/mol. The van der Waals surface area contributed by atoms with Gasteiger partial charge in [-0.3, -0.25) is 9.59 Å². The standard InChI is InChI=1S/C19H27N3O2S.ClH/c23-18(6-3-16-7-8-20-14-16)21-17-4-1-15(2-5-17)13-19(24)22-9-11-25-12-10-22;/h1-2,4-5,16,20H,3,6-14H2,(H,21,23);1H. The maximum Gasteiger partial charge on any atom is 0.227 e. The van der Waals surface area contributed by atoms with Gasteiger partial charge in [0.15, 0.2) is 0 Å². The maximum atomic E-state index is 12.3. The Kier molecular flexibility index (Phi) is 8.75. The number of amides is 2. The van der Waals surface area contributed by atoms with Crippen molar-refractivity contribution in [3.8, 4) is 0 Å². The number of thioether (sulfide) groups is 1. The van der Waals surface area contributed by atoms with Crippen molar-refractivity contribution in [1.29, 1.82) is 0 Å². The van der Waals surface area contributed by atoms with Crippen molar-refractivity contribution >= 4 is 41.7 Å². The normalized spacial score (nSPS) is 19.7. The van der Waals surface area contributed by atoms with Crippen LogP contribution in [0, 0.1) is 5.92 Å². The highest BCUT2D eigenvalue weighted by molar-refractivity contribution is 7.99. The largest absolute Gasteiger partial charge is 0.341 e. The molecule has 2 aliphatic heterocycles. The Labute approximate surface area is 166 Å². The van der Waals surface area contributed by atoms with Crippen molar-refractivity contribution in [3.63, 3.8) is 0 Å². The van der Waals surface area contributed by atoms with Crippen LogP contribution in [0.25, 0.3) is 0 Å². The molecule has 2 heterocycles. The third-order valence-electron chi connectivity index (χ3n) is 4.90. The van der Waals surface area contributed by atoms with Gasteiger partial charge in [0.2, 0.25) is 11.8 Å². The molecule has 7 heteroatoms. The first-order valence-corrected chi connectivity index (χ1v) is 10.3. The van der Waals surface area contributed by atoms with Gasteiger partial charge in [0, 0.05) is 36.7 Å². The molecule has 3 rings (SSSR count). The van der Waals surface area contributed by atoms with Gasteiger partial charge in [0.25, 0.3) is 0 Å². The van der Waals surface area contributed by atoms with Gasteiger partial charge in [-0.2, -0.15) is 11.8 Å². The van der Waals surface area contributed by atoms with Gasteiger partial charge in [0.1, 0.15) is 0 Å². The average Bonchev–Trinajstić information content (AvgIpc) is 3.16. The molecule has 2 amide bonds. The van der Waals surface area contributed by atoms with Crippen molar-refractivity contribution in [2.24, 2.45) is 5.92 Å². The van der Waals surface area contributed by atoms with Gasteiger partial charge in [0.05, 0.1) is 6.42 Å². The van der Waals surface area contributed by atoms with E-state index >= 15 is 0 Å². The van der Waals surface area contributed by atoms with Crippen molar-refractivity contribution in [2.75, 3.05) is 43.0 Å². The van der Waals surface area contributed by atoms with Crippen LogP contribution < -0.4 is 10.6 Å². The third-order valence-corrected chi connectivity index (χ3v) is 5.84. The molecule has 1 unspecified atom stereocenters. The lowest BCUT2D eigenvalue weighted by molar-refractivity contribution is -0.130. The Balaban J connectivity index is 0.00000243. The lowest BCUT2D eigenvalue weighted by Crippen LogP contribution is -2.38. The summed E-state index contributed by atoms with van der Waals surface area (Å²) in [6, 6.07) is 7.66. The van der Waals surface area contributed by atoms with E-state index in [2.05, 4.69) is 10.6 Å². The highest BCUT2D eigenvalue weighted by Gasteiger charge is 2.17. The Morgan fingerprint density at radius 1 is 1.19 bits per heavy atom. The van der Waals surface area contributed by atoms with Crippen molar-refractivity contribution < 1.29 is 9.59 Å². The van der Waals surface area contributed by atoms with Gasteiger partial charge in [-0.05, 0) is 49.5 Å². The molecule has 0 aromatic heterocycles. The lowest BCUT2D eigenvalue weighted by atomic mass is 10.0. The summed E-state index contributed by atoms with van der Waals surface area (Å²) in [6.07, 6.45) is 3.12. The smallest absolute Gasteiger partial charge is 0.227 e. The molecule has 1 aromatic carbocycles. The quantitative estimate of drug-likeness (QED) is 0.774. The summed E-state index contributed by atoms with van der Waals surface area (Å²) in [4.78, 5) is 26.3. The first-order chi connectivity index (χ1) is 12.2. The fourth-order valence-electron chi connectivity index (χ4n) is 3.32. The van der Waals surface area contributed by atoms with Gasteiger partial charge in [-0.25, -0.2) is 0 Å². The fourth-order valence-corrected chi connectivity index (χ4v) is 4.23. The van der Waals surface area contributed by atoms with Crippen LogP contribution in [0.3, 0.4) is 0 Å². The Hall–Kier alpha value is -1.24. The first kappa shape index (κ1) is 21.1. The van der Waals surface area contributed by atoms with Crippen LogP contribution in [0.1, 0.15) is 24.8 Å². The van der Waals surface area contributed by atoms with Crippen molar-refractivity contribution in [1.82, 2.24) is 10.2 Å². The molecule has 2 aliphatic rings. The van der Waals surface area contributed by atoms with E-state index < -0.39 is 0 Å². The van der Waals surface area contributed by atoms with Gasteiger partial charge >= 0.3 is 0 Å². The van der Waals surface area contributed by atoms with Crippen LogP contribution in [0.4, 0.5) is 5.69 Å². The molecule has 0 radical (unpaired) electrons. The summed E-state index contributed by atoms with van der Waals surface area (Å²) >= 11 is 1.90. The number of anilines is 1. The fraction of sp³-hybridized carbons (Fsp3) is 0.579. The summed E-state index contributed by atoms with van der Waals surface area (Å²) in [5.74, 6) is 2.97. The second-order valence-corrected chi connectivity index (χ2v) is 8.04. The Bertz CT molecular complexity index is 585. The number of carbonyl (C=O) groups is 2. The molecule has 5 nitrogen and oxygen atoms in total. The summed E-state index contributed by atoms with van der Waals surface area (Å²) in [7, 11) is 0. The highest BCUT2D eigenvalue weighted by Crippen LogP contribution is 2.16. The molecule has 2 saturated heterocycles. The minimum absolute atomic E-state index is 0. The van der Waals surface area contributed by atoms with E-state index in [1.165, 1.54) is 6.42 Å². The number of nitrogens with zero attached hydrogens (tertiary/aromatic N) is 1. The van der Waals surface area contributed by atoms with Crippen LogP contribution in [0.2, 0.25) is 0 Å². The maximum absolute atomic E-state index is 12.3. The van der Waals surface area contributed by atoms with Gasteiger partial charge in [-0.1, -0.05) is 12.1 Å². The van der Waals surface area contributed by atoms with E-state index in [9.17, 15) is 9.59 Å². The summed E-state index contributed by atoms with van der Waals surface area (Å²) < 4.78 is 0. The number of nitrogens with one attached hydrogen (secondary N) is 2. The highest BCUT2D eigenvalue weighted by atomic mass is 35.5.